The lowest BCUT2D eigenvalue weighted by Gasteiger charge is -2.58. The number of fused-ring (bicyclic) bond motifs is 5. The molecule has 3 saturated carbocycles. The fraction of sp³-hybridized carbons (Fsp3) is 0.926. The zero-order valence-electron chi connectivity index (χ0n) is 19.4. The van der Waals surface area contributed by atoms with Crippen LogP contribution in [0.2, 0.25) is 0 Å². The van der Waals surface area contributed by atoms with E-state index in [-0.39, 0.29) is 18.2 Å². The molecule has 0 spiro atoms. The van der Waals surface area contributed by atoms with Gasteiger partial charge in [0.15, 0.2) is 0 Å². The van der Waals surface area contributed by atoms with Gasteiger partial charge in [-0.25, -0.2) is 0 Å². The Morgan fingerprint density at radius 1 is 1.07 bits per heavy atom. The summed E-state index contributed by atoms with van der Waals surface area (Å²) in [7, 11) is 0. The Morgan fingerprint density at radius 2 is 1.86 bits per heavy atom. The van der Waals surface area contributed by atoms with Crippen LogP contribution in [0.15, 0.2) is 11.6 Å². The molecule has 0 aromatic rings. The molecule has 0 amide bonds. The smallest absolute Gasteiger partial charge is 0.0990 e. The van der Waals surface area contributed by atoms with Crippen LogP contribution in [0, 0.1) is 46.3 Å². The van der Waals surface area contributed by atoms with Crippen molar-refractivity contribution in [3.05, 3.63) is 11.6 Å². The molecule has 0 aromatic heterocycles. The van der Waals surface area contributed by atoms with E-state index in [9.17, 15) is 9.50 Å². The average molecular weight is 405 g/mol. The second-order valence-electron chi connectivity index (χ2n) is 12.1. The second kappa shape index (κ2) is 8.29. The third kappa shape index (κ3) is 3.64. The highest BCUT2D eigenvalue weighted by atomic mass is 19.1. The Labute approximate surface area is 178 Å². The summed E-state index contributed by atoms with van der Waals surface area (Å²) in [5.41, 5.74) is 1.51. The van der Waals surface area contributed by atoms with Gasteiger partial charge in [-0.2, -0.15) is 0 Å². The molecule has 4 aliphatic carbocycles. The van der Waals surface area contributed by atoms with Crippen molar-refractivity contribution in [1.29, 1.82) is 0 Å². The van der Waals surface area contributed by atoms with E-state index in [1.807, 2.05) is 0 Å². The first kappa shape index (κ1) is 21.8. The van der Waals surface area contributed by atoms with E-state index < -0.39 is 0 Å². The van der Waals surface area contributed by atoms with Crippen LogP contribution in [-0.4, -0.2) is 17.9 Å². The first-order valence-electron chi connectivity index (χ1n) is 12.8. The summed E-state index contributed by atoms with van der Waals surface area (Å²) in [5, 5.41) is 10.2. The maximum atomic E-state index is 14.6. The van der Waals surface area contributed by atoms with Gasteiger partial charge in [-0.05, 0) is 92.3 Å². The third-order valence-corrected chi connectivity index (χ3v) is 10.2. The molecular weight excluding hydrogens is 359 g/mol. The van der Waals surface area contributed by atoms with Gasteiger partial charge in [-0.3, -0.25) is 4.39 Å². The van der Waals surface area contributed by atoms with Crippen molar-refractivity contribution in [3.8, 4) is 0 Å². The SMILES string of the molecule is CC(C)CCC[C@@H](C)[C@H]1CCC2C3CC=C4C[C@@H](O)CC[C@]4(CF)C3CC[C@@]21C. The Bertz CT molecular complexity index is 612. The van der Waals surface area contributed by atoms with Gasteiger partial charge in [-0.1, -0.05) is 58.6 Å². The summed E-state index contributed by atoms with van der Waals surface area (Å²) >= 11 is 0. The number of aliphatic hydroxyl groups is 1. The number of alkyl halides is 1. The third-order valence-electron chi connectivity index (χ3n) is 10.2. The first-order valence-corrected chi connectivity index (χ1v) is 12.8. The number of aliphatic hydroxyl groups excluding tert-OH is 1. The number of halogens is 1. The topological polar surface area (TPSA) is 20.2 Å². The van der Waals surface area contributed by atoms with E-state index in [1.165, 1.54) is 50.5 Å². The molecule has 3 unspecified atom stereocenters. The lowest BCUT2D eigenvalue weighted by Crippen LogP contribution is -2.52. The van der Waals surface area contributed by atoms with Gasteiger partial charge >= 0.3 is 0 Å². The predicted molar refractivity (Wildman–Crippen MR) is 119 cm³/mol. The second-order valence-corrected chi connectivity index (χ2v) is 12.1. The summed E-state index contributed by atoms with van der Waals surface area (Å²) in [5.74, 6) is 4.49. The van der Waals surface area contributed by atoms with Crippen LogP contribution in [0.25, 0.3) is 0 Å². The number of allylic oxidation sites excluding steroid dienone is 1. The van der Waals surface area contributed by atoms with Gasteiger partial charge in [-0.15, -0.1) is 0 Å². The molecule has 4 aliphatic rings. The van der Waals surface area contributed by atoms with E-state index >= 15 is 0 Å². The molecular formula is C27H45FO. The van der Waals surface area contributed by atoms with E-state index in [4.69, 9.17) is 0 Å². The normalized spacial score (nSPS) is 45.3. The van der Waals surface area contributed by atoms with Gasteiger partial charge in [0, 0.05) is 5.41 Å². The van der Waals surface area contributed by atoms with Crippen molar-refractivity contribution >= 4 is 0 Å². The summed E-state index contributed by atoms with van der Waals surface area (Å²) in [6, 6.07) is 0. The van der Waals surface area contributed by atoms with Crippen molar-refractivity contribution < 1.29 is 9.50 Å². The Morgan fingerprint density at radius 3 is 2.59 bits per heavy atom. The first-order chi connectivity index (χ1) is 13.8. The van der Waals surface area contributed by atoms with Gasteiger partial charge < -0.3 is 5.11 Å². The summed E-state index contributed by atoms with van der Waals surface area (Å²) in [6.45, 7) is 9.61. The molecule has 2 heteroatoms. The molecule has 0 heterocycles. The molecule has 3 fully saturated rings. The quantitative estimate of drug-likeness (QED) is 0.459. The summed E-state index contributed by atoms with van der Waals surface area (Å²) < 4.78 is 14.6. The number of hydrogen-bond donors (Lipinski definition) is 1. The van der Waals surface area contributed by atoms with Crippen LogP contribution in [0.4, 0.5) is 4.39 Å². The summed E-state index contributed by atoms with van der Waals surface area (Å²) in [4.78, 5) is 0. The lowest BCUT2D eigenvalue weighted by molar-refractivity contribution is -0.0700. The molecule has 0 aromatic carbocycles. The molecule has 4 rings (SSSR count). The van der Waals surface area contributed by atoms with Crippen LogP contribution in [0.3, 0.4) is 0 Å². The van der Waals surface area contributed by atoms with Gasteiger partial charge in [0.05, 0.1) is 12.8 Å². The van der Waals surface area contributed by atoms with Gasteiger partial charge in [0.2, 0.25) is 0 Å². The molecule has 0 bridgehead atoms. The van der Waals surface area contributed by atoms with Crippen LogP contribution in [0.5, 0.6) is 0 Å². The molecule has 0 aliphatic heterocycles. The van der Waals surface area contributed by atoms with Crippen molar-refractivity contribution in [2.75, 3.05) is 6.67 Å². The standard InChI is InChI=1S/C27H45FO/c1-18(2)6-5-7-19(3)23-10-11-24-22-9-8-20-16-21(29)12-15-27(20,17-28)25(22)13-14-26(23,24)4/h8,18-19,21-25,29H,5-7,9-17H2,1-4H3/t19-,21+,22?,23-,24?,25?,26-,27-/m1/s1. The van der Waals surface area contributed by atoms with Gasteiger partial charge in [0.25, 0.3) is 0 Å². The Kier molecular flexibility index (Phi) is 6.24. The zero-order valence-corrected chi connectivity index (χ0v) is 19.4. The molecule has 29 heavy (non-hydrogen) atoms. The van der Waals surface area contributed by atoms with Crippen LogP contribution in [0.1, 0.15) is 98.3 Å². The molecule has 1 nitrogen and oxygen atoms in total. The molecule has 8 atom stereocenters. The van der Waals surface area contributed by atoms with E-state index in [0.717, 1.165) is 49.4 Å². The van der Waals surface area contributed by atoms with Crippen molar-refractivity contribution in [2.24, 2.45) is 46.3 Å². The van der Waals surface area contributed by atoms with E-state index in [0.29, 0.717) is 17.3 Å². The van der Waals surface area contributed by atoms with E-state index in [2.05, 4.69) is 33.8 Å². The van der Waals surface area contributed by atoms with Crippen LogP contribution < -0.4 is 0 Å². The fourth-order valence-corrected chi connectivity index (χ4v) is 8.71. The highest BCUT2D eigenvalue weighted by Gasteiger charge is 2.60. The monoisotopic (exact) mass is 404 g/mol. The van der Waals surface area contributed by atoms with Crippen molar-refractivity contribution in [1.82, 2.24) is 0 Å². The van der Waals surface area contributed by atoms with Crippen LogP contribution in [-0.2, 0) is 0 Å². The minimum absolute atomic E-state index is 0.203. The van der Waals surface area contributed by atoms with E-state index in [1.54, 1.807) is 0 Å². The van der Waals surface area contributed by atoms with Crippen LogP contribution >= 0.6 is 0 Å². The molecule has 0 radical (unpaired) electrons. The maximum Gasteiger partial charge on any atom is 0.0990 e. The number of hydrogen-bond acceptors (Lipinski definition) is 1. The average Bonchev–Trinajstić information content (AvgIpc) is 3.04. The lowest BCUT2D eigenvalue weighted by atomic mass is 9.46. The maximum absolute atomic E-state index is 14.6. The van der Waals surface area contributed by atoms with Crippen molar-refractivity contribution in [3.63, 3.8) is 0 Å². The minimum atomic E-state index is -0.242. The number of rotatable bonds is 6. The van der Waals surface area contributed by atoms with Gasteiger partial charge in [0.1, 0.15) is 0 Å². The largest absolute Gasteiger partial charge is 0.393 e. The molecule has 166 valence electrons. The Hall–Kier alpha value is -0.370. The molecule has 0 saturated heterocycles. The highest BCUT2D eigenvalue weighted by molar-refractivity contribution is 5.26. The zero-order chi connectivity index (χ0) is 20.8. The molecule has 1 N–H and O–H groups in total. The fourth-order valence-electron chi connectivity index (χ4n) is 8.71. The predicted octanol–water partition coefficient (Wildman–Crippen LogP) is 7.34. The van der Waals surface area contributed by atoms with Crippen molar-refractivity contribution in [2.45, 2.75) is 104 Å². The highest BCUT2D eigenvalue weighted by Crippen LogP contribution is 2.67. The minimum Gasteiger partial charge on any atom is -0.393 e. The Balaban J connectivity index is 1.51. The summed E-state index contributed by atoms with van der Waals surface area (Å²) in [6.07, 6.45) is 15.1.